The molecule has 1 aliphatic heterocycles. The summed E-state index contributed by atoms with van der Waals surface area (Å²) in [6.45, 7) is 3.23. The van der Waals surface area contributed by atoms with E-state index in [1.54, 1.807) is 24.4 Å². The number of halogens is 1. The van der Waals surface area contributed by atoms with E-state index in [1.807, 2.05) is 6.07 Å². The minimum absolute atomic E-state index is 0.162. The Morgan fingerprint density at radius 2 is 2.12 bits per heavy atom. The van der Waals surface area contributed by atoms with Crippen LogP contribution in [0.3, 0.4) is 0 Å². The topological polar surface area (TPSA) is 45.2 Å². The van der Waals surface area contributed by atoms with E-state index in [1.165, 1.54) is 31.4 Å². The number of pyridine rings is 1. The lowest BCUT2D eigenvalue weighted by Gasteiger charge is -2.37. The lowest BCUT2D eigenvalue weighted by Crippen LogP contribution is -2.39. The highest BCUT2D eigenvalue weighted by molar-refractivity contribution is 6.03. The normalized spacial score (nSPS) is 17.6. The van der Waals surface area contributed by atoms with Crippen LogP contribution >= 0.6 is 0 Å². The summed E-state index contributed by atoms with van der Waals surface area (Å²) in [4.78, 5) is 18.9. The first kappa shape index (κ1) is 16.4. The van der Waals surface area contributed by atoms with E-state index in [9.17, 15) is 9.18 Å². The van der Waals surface area contributed by atoms with Crippen LogP contribution in [0.15, 0.2) is 42.6 Å². The molecule has 126 valence electrons. The van der Waals surface area contributed by atoms with E-state index >= 15 is 0 Å². The molecule has 1 saturated heterocycles. The molecular formula is C19H22FN3O. The van der Waals surface area contributed by atoms with E-state index in [4.69, 9.17) is 0 Å². The van der Waals surface area contributed by atoms with Crippen LogP contribution in [0, 0.1) is 5.82 Å². The third-order valence-corrected chi connectivity index (χ3v) is 4.53. The Hall–Kier alpha value is -2.43. The lowest BCUT2D eigenvalue weighted by molar-refractivity contribution is 0.102. The van der Waals surface area contributed by atoms with Gasteiger partial charge in [0.2, 0.25) is 0 Å². The van der Waals surface area contributed by atoms with Crippen molar-refractivity contribution in [1.29, 1.82) is 0 Å². The summed E-state index contributed by atoms with van der Waals surface area (Å²) in [5, 5.41) is 2.56. The number of benzene rings is 1. The van der Waals surface area contributed by atoms with Gasteiger partial charge in [-0.1, -0.05) is 19.1 Å². The first-order valence-electron chi connectivity index (χ1n) is 8.47. The van der Waals surface area contributed by atoms with Gasteiger partial charge in [0.25, 0.3) is 5.91 Å². The quantitative estimate of drug-likeness (QED) is 0.913. The summed E-state index contributed by atoms with van der Waals surface area (Å²) in [7, 11) is 0. The molecule has 1 fully saturated rings. The molecule has 1 atom stereocenters. The zero-order chi connectivity index (χ0) is 16.9. The molecule has 1 aromatic heterocycles. The highest BCUT2D eigenvalue weighted by Gasteiger charge is 2.21. The number of anilines is 2. The van der Waals surface area contributed by atoms with Crippen molar-refractivity contribution in [3.63, 3.8) is 0 Å². The van der Waals surface area contributed by atoms with Gasteiger partial charge in [0.1, 0.15) is 11.5 Å². The number of rotatable bonds is 4. The number of hydrogen-bond acceptors (Lipinski definition) is 3. The SMILES string of the molecule is CCC1CCCCN1c1ccc(C(=O)Nc2ccccc2F)nc1. The van der Waals surface area contributed by atoms with Gasteiger partial charge in [-0.15, -0.1) is 0 Å². The number of hydrogen-bond donors (Lipinski definition) is 1. The van der Waals surface area contributed by atoms with Gasteiger partial charge >= 0.3 is 0 Å². The van der Waals surface area contributed by atoms with Crippen LogP contribution in [-0.4, -0.2) is 23.5 Å². The van der Waals surface area contributed by atoms with Gasteiger partial charge in [-0.25, -0.2) is 9.37 Å². The van der Waals surface area contributed by atoms with Crippen LogP contribution in [0.4, 0.5) is 15.8 Å². The molecule has 1 amide bonds. The third kappa shape index (κ3) is 3.55. The molecule has 2 heterocycles. The predicted molar refractivity (Wildman–Crippen MR) is 93.9 cm³/mol. The number of aromatic nitrogens is 1. The standard InChI is InChI=1S/C19H22FN3O/c1-2-14-7-5-6-12-23(14)15-10-11-18(21-13-15)19(24)22-17-9-4-3-8-16(17)20/h3-4,8-11,13-14H,2,5-7,12H2,1H3,(H,22,24). The number of carbonyl (C=O) groups excluding carboxylic acids is 1. The number of nitrogens with zero attached hydrogens (tertiary/aromatic N) is 2. The van der Waals surface area contributed by atoms with Gasteiger partial charge in [0, 0.05) is 12.6 Å². The average Bonchev–Trinajstić information content (AvgIpc) is 2.63. The molecule has 4 nitrogen and oxygen atoms in total. The highest BCUT2D eigenvalue weighted by atomic mass is 19.1. The summed E-state index contributed by atoms with van der Waals surface area (Å²) in [6, 6.07) is 10.3. The fraction of sp³-hybridized carbons (Fsp3) is 0.368. The molecule has 1 aromatic carbocycles. The second-order valence-electron chi connectivity index (χ2n) is 6.09. The van der Waals surface area contributed by atoms with Crippen LogP contribution in [-0.2, 0) is 0 Å². The van der Waals surface area contributed by atoms with Crippen molar-refractivity contribution in [3.05, 3.63) is 54.1 Å². The summed E-state index contributed by atoms with van der Waals surface area (Å²) in [5.74, 6) is -0.862. The molecule has 0 saturated carbocycles. The van der Waals surface area contributed by atoms with E-state index < -0.39 is 11.7 Å². The van der Waals surface area contributed by atoms with E-state index in [-0.39, 0.29) is 11.4 Å². The Balaban J connectivity index is 1.72. The van der Waals surface area contributed by atoms with Crippen molar-refractivity contribution >= 4 is 17.3 Å². The molecule has 0 spiro atoms. The van der Waals surface area contributed by atoms with Crippen LogP contribution in [0.5, 0.6) is 0 Å². The Morgan fingerprint density at radius 3 is 2.83 bits per heavy atom. The maximum Gasteiger partial charge on any atom is 0.274 e. The number of piperidine rings is 1. The molecule has 1 N–H and O–H groups in total. The average molecular weight is 327 g/mol. The fourth-order valence-electron chi connectivity index (χ4n) is 3.20. The molecule has 2 aromatic rings. The molecule has 0 bridgehead atoms. The Labute approximate surface area is 141 Å². The van der Waals surface area contributed by atoms with Gasteiger partial charge in [-0.2, -0.15) is 0 Å². The van der Waals surface area contributed by atoms with Crippen molar-refractivity contribution in [3.8, 4) is 0 Å². The third-order valence-electron chi connectivity index (χ3n) is 4.53. The molecule has 5 heteroatoms. The van der Waals surface area contributed by atoms with Gasteiger partial charge < -0.3 is 10.2 Å². The largest absolute Gasteiger partial charge is 0.367 e. The van der Waals surface area contributed by atoms with Gasteiger partial charge in [0.05, 0.1) is 17.6 Å². The van der Waals surface area contributed by atoms with E-state index in [2.05, 4.69) is 22.1 Å². The van der Waals surface area contributed by atoms with Crippen LogP contribution < -0.4 is 10.2 Å². The first-order chi connectivity index (χ1) is 11.7. The molecule has 3 rings (SSSR count). The van der Waals surface area contributed by atoms with Gasteiger partial charge in [-0.05, 0) is 49.9 Å². The number of nitrogens with one attached hydrogen (secondary N) is 1. The predicted octanol–water partition coefficient (Wildman–Crippen LogP) is 4.24. The van der Waals surface area contributed by atoms with Crippen molar-refractivity contribution in [2.75, 3.05) is 16.8 Å². The first-order valence-corrected chi connectivity index (χ1v) is 8.47. The second-order valence-corrected chi connectivity index (χ2v) is 6.09. The van der Waals surface area contributed by atoms with Crippen molar-refractivity contribution < 1.29 is 9.18 Å². The van der Waals surface area contributed by atoms with Crippen molar-refractivity contribution in [1.82, 2.24) is 4.98 Å². The van der Waals surface area contributed by atoms with E-state index in [0.717, 1.165) is 18.7 Å². The van der Waals surface area contributed by atoms with Crippen LogP contribution in [0.2, 0.25) is 0 Å². The maximum absolute atomic E-state index is 13.6. The monoisotopic (exact) mass is 327 g/mol. The maximum atomic E-state index is 13.6. The fourth-order valence-corrected chi connectivity index (χ4v) is 3.20. The van der Waals surface area contributed by atoms with Crippen LogP contribution in [0.1, 0.15) is 43.1 Å². The number of carbonyl (C=O) groups is 1. The molecule has 24 heavy (non-hydrogen) atoms. The molecule has 1 aliphatic rings. The minimum Gasteiger partial charge on any atom is -0.367 e. The number of amides is 1. The summed E-state index contributed by atoms with van der Waals surface area (Å²) in [6.07, 6.45) is 6.50. The van der Waals surface area contributed by atoms with E-state index in [0.29, 0.717) is 6.04 Å². The lowest BCUT2D eigenvalue weighted by atomic mass is 9.99. The van der Waals surface area contributed by atoms with Crippen molar-refractivity contribution in [2.24, 2.45) is 0 Å². The Bertz CT molecular complexity index is 702. The molecule has 0 aliphatic carbocycles. The van der Waals surface area contributed by atoms with Gasteiger partial charge in [0.15, 0.2) is 0 Å². The van der Waals surface area contributed by atoms with Crippen molar-refractivity contribution in [2.45, 2.75) is 38.6 Å². The Morgan fingerprint density at radius 1 is 1.29 bits per heavy atom. The molecule has 1 unspecified atom stereocenters. The summed E-state index contributed by atoms with van der Waals surface area (Å²) in [5.41, 5.74) is 1.49. The zero-order valence-corrected chi connectivity index (χ0v) is 13.8. The van der Waals surface area contributed by atoms with Gasteiger partial charge in [-0.3, -0.25) is 4.79 Å². The summed E-state index contributed by atoms with van der Waals surface area (Å²) >= 11 is 0. The zero-order valence-electron chi connectivity index (χ0n) is 13.8. The Kier molecular flexibility index (Phi) is 5.08. The second kappa shape index (κ2) is 7.43. The molecule has 0 radical (unpaired) electrons. The van der Waals surface area contributed by atoms with Crippen LogP contribution in [0.25, 0.3) is 0 Å². The highest BCUT2D eigenvalue weighted by Crippen LogP contribution is 2.26. The smallest absolute Gasteiger partial charge is 0.274 e. The molecular weight excluding hydrogens is 305 g/mol. The number of para-hydroxylation sites is 1. The summed E-state index contributed by atoms with van der Waals surface area (Å²) < 4.78 is 13.6. The minimum atomic E-state index is -0.457.